The van der Waals surface area contributed by atoms with Crippen molar-refractivity contribution in [2.45, 2.75) is 69.9 Å². The van der Waals surface area contributed by atoms with E-state index in [1.807, 2.05) is 12.4 Å². The zero-order chi connectivity index (χ0) is 19.2. The summed E-state index contributed by atoms with van der Waals surface area (Å²) in [7, 11) is 1.54. The molecule has 7 nitrogen and oxygen atoms in total. The van der Waals surface area contributed by atoms with Crippen molar-refractivity contribution in [1.82, 2.24) is 26.6 Å². The van der Waals surface area contributed by atoms with E-state index in [-0.39, 0.29) is 36.3 Å². The molecular formula is C19H34FN5O2. The fraction of sp³-hybridized carbons (Fsp3) is 0.789. The summed E-state index contributed by atoms with van der Waals surface area (Å²) in [5, 5.41) is 27.6. The molecule has 3 rings (SSSR count). The molecule has 3 aliphatic rings. The fourth-order valence-electron chi connectivity index (χ4n) is 4.25. The van der Waals surface area contributed by atoms with Crippen LogP contribution < -0.4 is 26.6 Å². The van der Waals surface area contributed by atoms with Crippen molar-refractivity contribution in [1.29, 1.82) is 0 Å². The van der Waals surface area contributed by atoms with Crippen LogP contribution in [0.3, 0.4) is 0 Å². The number of aliphatic hydroxyl groups is 1. The number of allylic oxidation sites excluding steroid dienone is 2. The van der Waals surface area contributed by atoms with Crippen LogP contribution in [0.4, 0.5) is 4.39 Å². The quantitative estimate of drug-likeness (QED) is 0.363. The van der Waals surface area contributed by atoms with Gasteiger partial charge in [0.05, 0.1) is 24.3 Å². The highest BCUT2D eigenvalue weighted by molar-refractivity contribution is 5.00. The SMILES string of the molecule is CO[C@H](O)C1CCC(NC2CNC=CN2)NC1N[C@@H](C)[C@@H]1CC=C(F)CC1. The van der Waals surface area contributed by atoms with Crippen molar-refractivity contribution >= 4 is 0 Å². The lowest BCUT2D eigenvalue weighted by atomic mass is 9.86. The van der Waals surface area contributed by atoms with Crippen molar-refractivity contribution in [2.75, 3.05) is 13.7 Å². The number of aliphatic hydroxyl groups excluding tert-OH is 1. The Balaban J connectivity index is 1.59. The van der Waals surface area contributed by atoms with Gasteiger partial charge < -0.3 is 20.5 Å². The minimum absolute atomic E-state index is 0.00817. The third kappa shape index (κ3) is 5.65. The number of nitrogens with one attached hydrogen (secondary N) is 5. The normalized spacial score (nSPS) is 36.3. The van der Waals surface area contributed by atoms with E-state index in [1.165, 1.54) is 7.11 Å². The third-order valence-electron chi connectivity index (χ3n) is 5.97. The standard InChI is InChI=1S/C19H34FN5O2/c1-12(13-3-5-14(20)6-4-13)23-18-15(19(26)27-2)7-8-16(25-18)24-17-11-21-9-10-22-17/h5,9-10,12-13,15-19,21-26H,3-4,6-8,11H2,1-2H3/t12-,13+,15?,16?,17?,18?,19-/m0/s1. The Morgan fingerprint density at radius 2 is 2.11 bits per heavy atom. The van der Waals surface area contributed by atoms with Crippen molar-refractivity contribution < 1.29 is 14.2 Å². The zero-order valence-corrected chi connectivity index (χ0v) is 16.2. The van der Waals surface area contributed by atoms with Gasteiger partial charge in [0.15, 0.2) is 6.29 Å². The van der Waals surface area contributed by atoms with Crippen LogP contribution in [-0.4, -0.2) is 49.6 Å². The molecule has 27 heavy (non-hydrogen) atoms. The molecule has 0 radical (unpaired) electrons. The Labute approximate surface area is 161 Å². The molecular weight excluding hydrogens is 349 g/mol. The maximum Gasteiger partial charge on any atom is 0.159 e. The van der Waals surface area contributed by atoms with Gasteiger partial charge in [-0.15, -0.1) is 0 Å². The zero-order valence-electron chi connectivity index (χ0n) is 16.2. The van der Waals surface area contributed by atoms with Gasteiger partial charge in [-0.3, -0.25) is 16.0 Å². The smallest absolute Gasteiger partial charge is 0.159 e. The second-order valence-corrected chi connectivity index (χ2v) is 7.83. The van der Waals surface area contributed by atoms with E-state index in [0.29, 0.717) is 12.3 Å². The average molecular weight is 384 g/mol. The molecule has 0 aromatic carbocycles. The first-order valence-electron chi connectivity index (χ1n) is 10.0. The monoisotopic (exact) mass is 383 g/mol. The highest BCUT2D eigenvalue weighted by Crippen LogP contribution is 2.28. The van der Waals surface area contributed by atoms with Crippen molar-refractivity contribution in [3.8, 4) is 0 Å². The van der Waals surface area contributed by atoms with Gasteiger partial charge >= 0.3 is 0 Å². The summed E-state index contributed by atoms with van der Waals surface area (Å²) in [6, 6.07) is 0.217. The summed E-state index contributed by atoms with van der Waals surface area (Å²) >= 11 is 0. The minimum Gasteiger partial charge on any atom is -0.386 e. The van der Waals surface area contributed by atoms with Crippen LogP contribution in [0, 0.1) is 11.8 Å². The van der Waals surface area contributed by atoms with Crippen LogP contribution in [0.15, 0.2) is 24.3 Å². The Hall–Kier alpha value is -1.19. The van der Waals surface area contributed by atoms with Gasteiger partial charge in [-0.2, -0.15) is 0 Å². The van der Waals surface area contributed by atoms with E-state index in [1.54, 1.807) is 6.08 Å². The lowest BCUT2D eigenvalue weighted by Crippen LogP contribution is -2.66. The summed E-state index contributed by atoms with van der Waals surface area (Å²) < 4.78 is 18.5. The number of ether oxygens (including phenoxy) is 1. The van der Waals surface area contributed by atoms with Crippen molar-refractivity contribution in [3.63, 3.8) is 0 Å². The van der Waals surface area contributed by atoms with Gasteiger partial charge in [0.1, 0.15) is 0 Å². The summed E-state index contributed by atoms with van der Waals surface area (Å²) in [6.07, 6.45) is 8.77. The number of hydrogen-bond donors (Lipinski definition) is 6. The molecule has 154 valence electrons. The van der Waals surface area contributed by atoms with Crippen molar-refractivity contribution in [3.05, 3.63) is 24.3 Å². The highest BCUT2D eigenvalue weighted by Gasteiger charge is 2.37. The Kier molecular flexibility index (Phi) is 7.49. The molecule has 2 aliphatic heterocycles. The van der Waals surface area contributed by atoms with Gasteiger partial charge in [0, 0.05) is 38.0 Å². The Morgan fingerprint density at radius 1 is 1.26 bits per heavy atom. The largest absolute Gasteiger partial charge is 0.386 e. The van der Waals surface area contributed by atoms with Gasteiger partial charge in [-0.1, -0.05) is 6.08 Å². The second kappa shape index (κ2) is 9.84. The number of halogens is 1. The molecule has 0 saturated carbocycles. The van der Waals surface area contributed by atoms with Gasteiger partial charge in [-0.25, -0.2) is 4.39 Å². The number of rotatable bonds is 7. The summed E-state index contributed by atoms with van der Waals surface area (Å²) in [5.41, 5.74) is 0. The fourth-order valence-corrected chi connectivity index (χ4v) is 4.25. The molecule has 0 amide bonds. The van der Waals surface area contributed by atoms with Crippen LogP contribution in [0.1, 0.15) is 39.0 Å². The lowest BCUT2D eigenvalue weighted by molar-refractivity contribution is -0.134. The Morgan fingerprint density at radius 3 is 2.78 bits per heavy atom. The molecule has 7 atom stereocenters. The van der Waals surface area contributed by atoms with Crippen molar-refractivity contribution in [2.24, 2.45) is 11.8 Å². The third-order valence-corrected chi connectivity index (χ3v) is 5.97. The van der Waals surface area contributed by atoms with E-state index in [2.05, 4.69) is 33.5 Å². The summed E-state index contributed by atoms with van der Waals surface area (Å²) in [4.78, 5) is 0. The van der Waals surface area contributed by atoms with Gasteiger partial charge in [0.25, 0.3) is 0 Å². The number of piperidine rings is 1. The molecule has 0 spiro atoms. The summed E-state index contributed by atoms with van der Waals surface area (Å²) in [5.74, 6) is 0.367. The van der Waals surface area contributed by atoms with Crippen LogP contribution in [0.2, 0.25) is 0 Å². The van der Waals surface area contributed by atoms with Crippen LogP contribution in [-0.2, 0) is 4.74 Å². The molecule has 1 fully saturated rings. The maximum atomic E-state index is 13.3. The van der Waals surface area contributed by atoms with E-state index >= 15 is 0 Å². The number of hydrogen-bond acceptors (Lipinski definition) is 7. The van der Waals surface area contributed by atoms with Crippen LogP contribution in [0.25, 0.3) is 0 Å². The molecule has 4 unspecified atom stereocenters. The predicted molar refractivity (Wildman–Crippen MR) is 103 cm³/mol. The number of methoxy groups -OCH3 is 1. The molecule has 0 aromatic rings. The molecule has 0 bridgehead atoms. The first-order chi connectivity index (χ1) is 13.1. The van der Waals surface area contributed by atoms with Crippen LogP contribution in [0.5, 0.6) is 0 Å². The first-order valence-corrected chi connectivity index (χ1v) is 10.0. The highest BCUT2D eigenvalue weighted by atomic mass is 19.1. The molecule has 1 saturated heterocycles. The Bertz CT molecular complexity index is 532. The summed E-state index contributed by atoms with van der Waals surface area (Å²) in [6.45, 7) is 2.96. The van der Waals surface area contributed by atoms with E-state index in [0.717, 1.165) is 32.2 Å². The van der Waals surface area contributed by atoms with E-state index in [4.69, 9.17) is 4.74 Å². The predicted octanol–water partition coefficient (Wildman–Crippen LogP) is 0.814. The lowest BCUT2D eigenvalue weighted by Gasteiger charge is -2.43. The van der Waals surface area contributed by atoms with E-state index in [9.17, 15) is 9.50 Å². The molecule has 1 aliphatic carbocycles. The van der Waals surface area contributed by atoms with E-state index < -0.39 is 6.29 Å². The molecule has 2 heterocycles. The average Bonchev–Trinajstić information content (AvgIpc) is 2.69. The first kappa shape index (κ1) is 20.5. The van der Waals surface area contributed by atoms with Gasteiger partial charge in [0.2, 0.25) is 0 Å². The maximum absolute atomic E-state index is 13.3. The minimum atomic E-state index is -0.816. The molecule has 6 N–H and O–H groups in total. The topological polar surface area (TPSA) is 89.6 Å². The van der Waals surface area contributed by atoms with Crippen LogP contribution >= 0.6 is 0 Å². The second-order valence-electron chi connectivity index (χ2n) is 7.83. The molecule has 0 aromatic heterocycles. The van der Waals surface area contributed by atoms with Gasteiger partial charge in [-0.05, 0) is 44.9 Å². The molecule has 8 heteroatoms.